The largest absolute Gasteiger partial charge is 0.0683 e. The summed E-state index contributed by atoms with van der Waals surface area (Å²) >= 11 is 0. The van der Waals surface area contributed by atoms with Crippen LogP contribution in [-0.2, 0) is 0 Å². The molecule has 0 aliphatic heterocycles. The van der Waals surface area contributed by atoms with Crippen molar-refractivity contribution in [2.45, 2.75) is 47.0 Å². The van der Waals surface area contributed by atoms with Gasteiger partial charge in [0.25, 0.3) is 0 Å². The Kier molecular flexibility index (Phi) is 2.98. The average Bonchev–Trinajstić information content (AvgIpc) is 2.60. The van der Waals surface area contributed by atoms with Gasteiger partial charge in [0.2, 0.25) is 0 Å². The van der Waals surface area contributed by atoms with Crippen LogP contribution < -0.4 is 0 Å². The molecule has 4 unspecified atom stereocenters. The van der Waals surface area contributed by atoms with E-state index >= 15 is 0 Å². The second-order valence-electron chi connectivity index (χ2n) is 4.05. The van der Waals surface area contributed by atoms with Crippen LogP contribution in [0.5, 0.6) is 0 Å². The third-order valence-corrected chi connectivity index (χ3v) is 3.83. The molecule has 0 spiro atoms. The molecule has 66 valence electrons. The van der Waals surface area contributed by atoms with E-state index in [1.54, 1.807) is 6.42 Å². The van der Waals surface area contributed by atoms with Crippen molar-refractivity contribution < 1.29 is 0 Å². The normalized spacial score (nSPS) is 46.9. The maximum Gasteiger partial charge on any atom is -0.0383 e. The molecule has 0 aromatic heterocycles. The molecule has 2 rings (SSSR count). The summed E-state index contributed by atoms with van der Waals surface area (Å²) in [5.74, 6) is 4.32. The monoisotopic (exact) mass is 154 g/mol. The van der Waals surface area contributed by atoms with Gasteiger partial charge in [-0.2, -0.15) is 0 Å². The van der Waals surface area contributed by atoms with E-state index < -0.39 is 0 Å². The first-order valence-corrected chi connectivity index (χ1v) is 5.29. The first-order chi connectivity index (χ1) is 5.29. The van der Waals surface area contributed by atoms with E-state index in [0.717, 1.165) is 23.7 Å². The molecule has 11 heavy (non-hydrogen) atoms. The fourth-order valence-electron chi connectivity index (χ4n) is 2.87. The standard InChI is InChI=1S/C9H16.C2H6/c1-6-7(2)9-4-3-8(6)5-9;1-2/h6-9H,3-5H2,1-2H3;1-2H3. The summed E-state index contributed by atoms with van der Waals surface area (Å²) in [6.07, 6.45) is 4.63. The van der Waals surface area contributed by atoms with Crippen LogP contribution in [0.3, 0.4) is 0 Å². The van der Waals surface area contributed by atoms with E-state index in [4.69, 9.17) is 0 Å². The highest BCUT2D eigenvalue weighted by Gasteiger charge is 2.42. The third-order valence-electron chi connectivity index (χ3n) is 3.83. The zero-order valence-electron chi connectivity index (χ0n) is 8.43. The lowest BCUT2D eigenvalue weighted by Crippen LogP contribution is -2.15. The average molecular weight is 154 g/mol. The van der Waals surface area contributed by atoms with Crippen LogP contribution in [0.1, 0.15) is 47.0 Å². The maximum atomic E-state index is 2.44. The zero-order chi connectivity index (χ0) is 8.43. The highest BCUT2D eigenvalue weighted by molar-refractivity contribution is 4.92. The van der Waals surface area contributed by atoms with E-state index in [2.05, 4.69) is 13.8 Å². The summed E-state index contributed by atoms with van der Waals surface area (Å²) in [5, 5.41) is 0. The lowest BCUT2D eigenvalue weighted by atomic mass is 9.82. The topological polar surface area (TPSA) is 0 Å². The Labute approximate surface area is 71.4 Å². The minimum atomic E-state index is 1.05. The van der Waals surface area contributed by atoms with E-state index in [-0.39, 0.29) is 0 Å². The molecule has 0 nitrogen and oxygen atoms in total. The van der Waals surface area contributed by atoms with Crippen LogP contribution in [0, 0.1) is 23.7 Å². The van der Waals surface area contributed by atoms with Gasteiger partial charge < -0.3 is 0 Å². The van der Waals surface area contributed by atoms with Crippen LogP contribution >= 0.6 is 0 Å². The molecule has 0 amide bonds. The molecule has 0 N–H and O–H groups in total. The van der Waals surface area contributed by atoms with Crippen LogP contribution in [-0.4, -0.2) is 0 Å². The predicted molar refractivity (Wildman–Crippen MR) is 50.5 cm³/mol. The molecule has 2 aliphatic rings. The first-order valence-electron chi connectivity index (χ1n) is 5.29. The molecule has 4 atom stereocenters. The summed E-state index contributed by atoms with van der Waals surface area (Å²) < 4.78 is 0. The molecule has 0 heteroatoms. The lowest BCUT2D eigenvalue weighted by Gasteiger charge is -2.24. The fourth-order valence-corrected chi connectivity index (χ4v) is 2.87. The van der Waals surface area contributed by atoms with Crippen molar-refractivity contribution in [1.82, 2.24) is 0 Å². The molecule has 2 saturated carbocycles. The van der Waals surface area contributed by atoms with Crippen molar-refractivity contribution >= 4 is 0 Å². The van der Waals surface area contributed by atoms with Gasteiger partial charge in [0, 0.05) is 0 Å². The molecular weight excluding hydrogens is 132 g/mol. The Morgan fingerprint density at radius 1 is 0.818 bits per heavy atom. The smallest absolute Gasteiger partial charge is 0.0383 e. The summed E-state index contributed by atoms with van der Waals surface area (Å²) in [7, 11) is 0. The third kappa shape index (κ3) is 1.45. The summed E-state index contributed by atoms with van der Waals surface area (Å²) in [5.41, 5.74) is 0. The van der Waals surface area contributed by atoms with Gasteiger partial charge in [-0.15, -0.1) is 0 Å². The lowest BCUT2D eigenvalue weighted by molar-refractivity contribution is 0.259. The van der Waals surface area contributed by atoms with E-state index in [9.17, 15) is 0 Å². The summed E-state index contributed by atoms with van der Waals surface area (Å²) in [4.78, 5) is 0. The molecule has 2 aliphatic carbocycles. The molecule has 2 bridgehead atoms. The van der Waals surface area contributed by atoms with Crippen molar-refractivity contribution in [3.63, 3.8) is 0 Å². The van der Waals surface area contributed by atoms with E-state index in [0.29, 0.717) is 0 Å². The van der Waals surface area contributed by atoms with Gasteiger partial charge in [-0.25, -0.2) is 0 Å². The molecule has 0 aromatic carbocycles. The van der Waals surface area contributed by atoms with Gasteiger partial charge in [0.15, 0.2) is 0 Å². The quantitative estimate of drug-likeness (QED) is 0.499. The predicted octanol–water partition coefficient (Wildman–Crippen LogP) is 3.71. The molecule has 0 radical (unpaired) electrons. The van der Waals surface area contributed by atoms with Crippen LogP contribution in [0.4, 0.5) is 0 Å². The van der Waals surface area contributed by atoms with Gasteiger partial charge in [0.05, 0.1) is 0 Å². The van der Waals surface area contributed by atoms with Crippen molar-refractivity contribution in [2.24, 2.45) is 23.7 Å². The number of hydrogen-bond acceptors (Lipinski definition) is 0. The van der Waals surface area contributed by atoms with E-state index in [1.165, 1.54) is 12.8 Å². The zero-order valence-corrected chi connectivity index (χ0v) is 8.43. The second kappa shape index (κ2) is 3.60. The van der Waals surface area contributed by atoms with Gasteiger partial charge in [-0.05, 0) is 42.9 Å². The van der Waals surface area contributed by atoms with Gasteiger partial charge in [-0.3, -0.25) is 0 Å². The van der Waals surface area contributed by atoms with Gasteiger partial charge >= 0.3 is 0 Å². The summed E-state index contributed by atoms with van der Waals surface area (Å²) in [6, 6.07) is 0. The summed E-state index contributed by atoms with van der Waals surface area (Å²) in [6.45, 7) is 8.88. The van der Waals surface area contributed by atoms with Crippen LogP contribution in [0.15, 0.2) is 0 Å². The van der Waals surface area contributed by atoms with Crippen molar-refractivity contribution in [3.8, 4) is 0 Å². The number of rotatable bonds is 0. The molecule has 0 aromatic rings. The highest BCUT2D eigenvalue weighted by atomic mass is 14.5. The van der Waals surface area contributed by atoms with Gasteiger partial charge in [-0.1, -0.05) is 27.7 Å². The Bertz CT molecular complexity index is 99.2. The van der Waals surface area contributed by atoms with Crippen molar-refractivity contribution in [3.05, 3.63) is 0 Å². The number of hydrogen-bond donors (Lipinski definition) is 0. The Hall–Kier alpha value is 0. The maximum absolute atomic E-state index is 2.44. The van der Waals surface area contributed by atoms with E-state index in [1.807, 2.05) is 13.8 Å². The van der Waals surface area contributed by atoms with Gasteiger partial charge in [0.1, 0.15) is 0 Å². The van der Waals surface area contributed by atoms with Crippen LogP contribution in [0.2, 0.25) is 0 Å². The minimum Gasteiger partial charge on any atom is -0.0683 e. The molecular formula is C11H22. The second-order valence-corrected chi connectivity index (χ2v) is 4.05. The molecule has 0 heterocycles. The Morgan fingerprint density at radius 3 is 1.36 bits per heavy atom. The minimum absolute atomic E-state index is 1.05. The Balaban J connectivity index is 0.000000281. The van der Waals surface area contributed by atoms with Crippen LogP contribution in [0.25, 0.3) is 0 Å². The molecule has 0 saturated heterocycles. The van der Waals surface area contributed by atoms with Crippen molar-refractivity contribution in [1.29, 1.82) is 0 Å². The number of fused-ring (bicyclic) bond motifs is 2. The SMILES string of the molecule is CC.CC1C2CCC(C2)C1C. The molecule has 2 fully saturated rings. The fraction of sp³-hybridized carbons (Fsp3) is 1.00. The van der Waals surface area contributed by atoms with Crippen molar-refractivity contribution in [2.75, 3.05) is 0 Å². The first kappa shape index (κ1) is 9.09. The Morgan fingerprint density at radius 2 is 1.18 bits per heavy atom. The highest BCUT2D eigenvalue weighted by Crippen LogP contribution is 2.51.